The fourth-order valence-electron chi connectivity index (χ4n) is 2.63. The number of piperazine rings is 1. The first-order valence-electron chi connectivity index (χ1n) is 6.81. The van der Waals surface area contributed by atoms with Gasteiger partial charge >= 0.3 is 6.18 Å². The molecule has 1 aliphatic heterocycles. The van der Waals surface area contributed by atoms with Crippen molar-refractivity contribution in [2.75, 3.05) is 32.9 Å². The van der Waals surface area contributed by atoms with Crippen molar-refractivity contribution in [2.45, 2.75) is 18.6 Å². The molecule has 0 radical (unpaired) electrons. The Kier molecular flexibility index (Phi) is 5.46. The van der Waals surface area contributed by atoms with Gasteiger partial charge in [0.05, 0.1) is 17.3 Å². The summed E-state index contributed by atoms with van der Waals surface area (Å²) in [6, 6.07) is 3.45. The summed E-state index contributed by atoms with van der Waals surface area (Å²) < 4.78 is 51.0. The molecule has 2 rings (SSSR count). The van der Waals surface area contributed by atoms with Crippen LogP contribution in [0.1, 0.15) is 23.6 Å². The Hall–Kier alpha value is -0.850. The fourth-order valence-corrected chi connectivity index (χ4v) is 2.92. The molecule has 1 heterocycles. The van der Waals surface area contributed by atoms with Crippen molar-refractivity contribution < 1.29 is 17.6 Å². The van der Waals surface area contributed by atoms with Gasteiger partial charge in [0.25, 0.3) is 0 Å². The third kappa shape index (κ3) is 4.08. The van der Waals surface area contributed by atoms with Gasteiger partial charge in [-0.2, -0.15) is 13.2 Å². The first-order valence-corrected chi connectivity index (χ1v) is 7.18. The molecule has 0 aromatic heterocycles. The van der Waals surface area contributed by atoms with Crippen molar-refractivity contribution in [3.05, 3.63) is 34.3 Å². The number of alkyl halides is 4. The van der Waals surface area contributed by atoms with Gasteiger partial charge < -0.3 is 5.32 Å². The first kappa shape index (κ1) is 16.5. The summed E-state index contributed by atoms with van der Waals surface area (Å²) in [6.45, 7) is 2.54. The molecule has 21 heavy (non-hydrogen) atoms. The maximum atomic E-state index is 12.8. The van der Waals surface area contributed by atoms with Gasteiger partial charge in [0.15, 0.2) is 0 Å². The largest absolute Gasteiger partial charge is 0.417 e. The van der Waals surface area contributed by atoms with Crippen LogP contribution in [0.3, 0.4) is 0 Å². The SMILES string of the molecule is FCC[C@H](c1ccc(C(F)(F)F)c(Cl)c1)N1CCNCC1. The van der Waals surface area contributed by atoms with E-state index in [0.29, 0.717) is 5.56 Å². The molecule has 0 spiro atoms. The zero-order chi connectivity index (χ0) is 15.5. The van der Waals surface area contributed by atoms with Crippen LogP contribution in [0.25, 0.3) is 0 Å². The molecule has 1 fully saturated rings. The maximum Gasteiger partial charge on any atom is 0.417 e. The highest BCUT2D eigenvalue weighted by molar-refractivity contribution is 6.31. The molecule has 1 aromatic carbocycles. The van der Waals surface area contributed by atoms with Crippen LogP contribution in [-0.2, 0) is 6.18 Å². The monoisotopic (exact) mass is 324 g/mol. The molecule has 1 N–H and O–H groups in total. The predicted octanol–water partition coefficient (Wildman–Crippen LogP) is 3.66. The second kappa shape index (κ2) is 6.94. The minimum atomic E-state index is -4.47. The molecule has 7 heteroatoms. The minimum absolute atomic E-state index is 0.239. The van der Waals surface area contributed by atoms with E-state index in [-0.39, 0.29) is 17.5 Å². The summed E-state index contributed by atoms with van der Waals surface area (Å²) in [5, 5.41) is 2.86. The lowest BCUT2D eigenvalue weighted by atomic mass is 10.00. The van der Waals surface area contributed by atoms with Crippen molar-refractivity contribution in [3.63, 3.8) is 0 Å². The van der Waals surface area contributed by atoms with E-state index in [0.717, 1.165) is 32.2 Å². The molecule has 0 saturated carbocycles. The molecule has 0 unspecified atom stereocenters. The molecule has 0 bridgehead atoms. The van der Waals surface area contributed by atoms with Gasteiger partial charge in [-0.3, -0.25) is 9.29 Å². The van der Waals surface area contributed by atoms with E-state index in [1.807, 2.05) is 0 Å². The highest BCUT2D eigenvalue weighted by atomic mass is 35.5. The Morgan fingerprint density at radius 1 is 1.24 bits per heavy atom. The van der Waals surface area contributed by atoms with Crippen LogP contribution in [0.4, 0.5) is 17.6 Å². The minimum Gasteiger partial charge on any atom is -0.314 e. The fraction of sp³-hybridized carbons (Fsp3) is 0.571. The van der Waals surface area contributed by atoms with E-state index >= 15 is 0 Å². The van der Waals surface area contributed by atoms with Gasteiger partial charge in [-0.1, -0.05) is 17.7 Å². The highest BCUT2D eigenvalue weighted by Gasteiger charge is 2.33. The number of hydrogen-bond acceptors (Lipinski definition) is 2. The predicted molar refractivity (Wildman–Crippen MR) is 74.2 cm³/mol. The average molecular weight is 325 g/mol. The molecule has 0 aliphatic carbocycles. The number of hydrogen-bond donors (Lipinski definition) is 1. The first-order chi connectivity index (χ1) is 9.93. The van der Waals surface area contributed by atoms with E-state index in [9.17, 15) is 17.6 Å². The van der Waals surface area contributed by atoms with Crippen molar-refractivity contribution in [3.8, 4) is 0 Å². The van der Waals surface area contributed by atoms with E-state index in [4.69, 9.17) is 11.6 Å². The highest BCUT2D eigenvalue weighted by Crippen LogP contribution is 2.37. The van der Waals surface area contributed by atoms with Gasteiger partial charge in [0.2, 0.25) is 0 Å². The molecule has 2 nitrogen and oxygen atoms in total. The van der Waals surface area contributed by atoms with Gasteiger partial charge in [0.1, 0.15) is 0 Å². The number of nitrogens with one attached hydrogen (secondary N) is 1. The van der Waals surface area contributed by atoms with Crippen LogP contribution in [0.5, 0.6) is 0 Å². The van der Waals surface area contributed by atoms with Crippen LogP contribution in [0, 0.1) is 0 Å². The maximum absolute atomic E-state index is 12.8. The molecule has 118 valence electrons. The summed E-state index contributed by atoms with van der Waals surface area (Å²) in [4.78, 5) is 2.08. The third-order valence-corrected chi connectivity index (χ3v) is 3.97. The lowest BCUT2D eigenvalue weighted by Gasteiger charge is -2.35. The summed E-state index contributed by atoms with van der Waals surface area (Å²) in [5.74, 6) is 0. The Balaban J connectivity index is 2.26. The van der Waals surface area contributed by atoms with Crippen LogP contribution in [-0.4, -0.2) is 37.8 Å². The molecule has 1 aromatic rings. The second-order valence-electron chi connectivity index (χ2n) is 5.02. The van der Waals surface area contributed by atoms with Crippen LogP contribution < -0.4 is 5.32 Å². The Labute approximate surface area is 126 Å². The second-order valence-corrected chi connectivity index (χ2v) is 5.42. The van der Waals surface area contributed by atoms with Crippen molar-refractivity contribution in [2.24, 2.45) is 0 Å². The van der Waals surface area contributed by atoms with Crippen LogP contribution >= 0.6 is 11.6 Å². The Morgan fingerprint density at radius 2 is 1.90 bits per heavy atom. The standard InChI is InChI=1S/C14H17ClF4N2/c15-12-9-10(1-2-11(12)14(17,18)19)13(3-4-16)21-7-5-20-6-8-21/h1-2,9,13,20H,3-8H2/t13-/m1/s1. The summed E-state index contributed by atoms with van der Waals surface area (Å²) in [6.07, 6.45) is -4.22. The summed E-state index contributed by atoms with van der Waals surface area (Å²) >= 11 is 5.75. The third-order valence-electron chi connectivity index (χ3n) is 3.66. The van der Waals surface area contributed by atoms with E-state index in [1.54, 1.807) is 0 Å². The van der Waals surface area contributed by atoms with Crippen molar-refractivity contribution >= 4 is 11.6 Å². The molecule has 1 atom stereocenters. The number of rotatable bonds is 4. The summed E-state index contributed by atoms with van der Waals surface area (Å²) in [7, 11) is 0. The number of nitrogens with zero attached hydrogens (tertiary/aromatic N) is 1. The molecular formula is C14H17ClF4N2. The molecular weight excluding hydrogens is 308 g/mol. The lowest BCUT2D eigenvalue weighted by molar-refractivity contribution is -0.137. The number of benzene rings is 1. The van der Waals surface area contributed by atoms with Gasteiger partial charge in [-0.15, -0.1) is 0 Å². The Bertz CT molecular complexity index is 473. The quantitative estimate of drug-likeness (QED) is 0.850. The van der Waals surface area contributed by atoms with E-state index in [2.05, 4.69) is 10.2 Å². The van der Waals surface area contributed by atoms with Gasteiger partial charge in [-0.05, 0) is 24.1 Å². The smallest absolute Gasteiger partial charge is 0.314 e. The van der Waals surface area contributed by atoms with E-state index < -0.39 is 18.4 Å². The van der Waals surface area contributed by atoms with Gasteiger partial charge in [-0.25, -0.2) is 0 Å². The van der Waals surface area contributed by atoms with Crippen LogP contribution in [0.2, 0.25) is 5.02 Å². The Morgan fingerprint density at radius 3 is 2.43 bits per heavy atom. The molecule has 1 saturated heterocycles. The van der Waals surface area contributed by atoms with Gasteiger partial charge in [0, 0.05) is 32.2 Å². The van der Waals surface area contributed by atoms with E-state index in [1.165, 1.54) is 12.1 Å². The normalized spacial score (nSPS) is 18.7. The lowest BCUT2D eigenvalue weighted by Crippen LogP contribution is -2.45. The zero-order valence-electron chi connectivity index (χ0n) is 11.4. The molecule has 0 amide bonds. The summed E-state index contributed by atoms with van der Waals surface area (Å²) in [5.41, 5.74) is -0.222. The van der Waals surface area contributed by atoms with Crippen LogP contribution in [0.15, 0.2) is 18.2 Å². The molecule has 1 aliphatic rings. The van der Waals surface area contributed by atoms with Crippen molar-refractivity contribution in [1.82, 2.24) is 10.2 Å². The number of halogens is 5. The average Bonchev–Trinajstić information content (AvgIpc) is 2.44. The van der Waals surface area contributed by atoms with Crippen molar-refractivity contribution in [1.29, 1.82) is 0 Å². The zero-order valence-corrected chi connectivity index (χ0v) is 12.1. The topological polar surface area (TPSA) is 15.3 Å².